The van der Waals surface area contributed by atoms with Crippen molar-refractivity contribution in [3.05, 3.63) is 115 Å². The van der Waals surface area contributed by atoms with Gasteiger partial charge in [-0.25, -0.2) is 9.78 Å². The van der Waals surface area contributed by atoms with E-state index in [1.165, 1.54) is 0 Å². The fourth-order valence-electron chi connectivity index (χ4n) is 4.92. The number of carbonyl (C=O) groups excluding carboxylic acids is 1. The molecule has 1 aliphatic rings. The first-order chi connectivity index (χ1) is 17.7. The molecule has 7 heteroatoms. The number of hydrogen-bond acceptors (Lipinski definition) is 3. The molecule has 0 spiro atoms. The van der Waals surface area contributed by atoms with Crippen LogP contribution in [0.3, 0.4) is 0 Å². The van der Waals surface area contributed by atoms with Crippen LogP contribution >= 0.6 is 12.4 Å². The summed E-state index contributed by atoms with van der Waals surface area (Å²) in [5.74, 6) is 0. The Balaban J connectivity index is 0.00000280. The van der Waals surface area contributed by atoms with Gasteiger partial charge in [0.15, 0.2) is 0 Å². The molecule has 186 valence electrons. The number of imidazole rings is 1. The molecular weight excluding hydrogens is 482 g/mol. The molecule has 0 bridgehead atoms. The van der Waals surface area contributed by atoms with E-state index in [2.05, 4.69) is 74.8 Å². The van der Waals surface area contributed by atoms with Crippen molar-refractivity contribution in [3.8, 4) is 11.1 Å². The number of fused-ring (bicyclic) bond motifs is 2. The van der Waals surface area contributed by atoms with Crippen molar-refractivity contribution in [1.82, 2.24) is 14.9 Å². The lowest BCUT2D eigenvalue weighted by atomic mass is 10.0. The average Bonchev–Trinajstić information content (AvgIpc) is 3.37. The number of nitrogens with one attached hydrogen (secondary N) is 2. The largest absolute Gasteiger partial charge is 0.364 e. The normalized spacial score (nSPS) is 13.0. The first-order valence-corrected chi connectivity index (χ1v) is 12.2. The average molecular weight is 510 g/mol. The number of aromatic amines is 1. The molecule has 0 atom stereocenters. The third-order valence-electron chi connectivity index (χ3n) is 6.76. The maximum absolute atomic E-state index is 13.5. The molecule has 2 heterocycles. The van der Waals surface area contributed by atoms with Crippen molar-refractivity contribution in [3.63, 3.8) is 0 Å². The van der Waals surface area contributed by atoms with Gasteiger partial charge in [0.05, 0.1) is 24.3 Å². The predicted octanol–water partition coefficient (Wildman–Crippen LogP) is 6.71. The van der Waals surface area contributed by atoms with Crippen molar-refractivity contribution < 1.29 is 4.79 Å². The lowest BCUT2D eigenvalue weighted by molar-refractivity contribution is 0.211. The summed E-state index contributed by atoms with van der Waals surface area (Å²) in [7, 11) is 0. The van der Waals surface area contributed by atoms with E-state index in [0.717, 1.165) is 51.1 Å². The summed E-state index contributed by atoms with van der Waals surface area (Å²) in [5.41, 5.74) is 6.45. The highest BCUT2D eigenvalue weighted by atomic mass is 35.5. The Morgan fingerprint density at radius 1 is 0.892 bits per heavy atom. The summed E-state index contributed by atoms with van der Waals surface area (Å²) in [6.07, 6.45) is 3.56. The summed E-state index contributed by atoms with van der Waals surface area (Å²) in [6, 6.07) is 31.0. The van der Waals surface area contributed by atoms with E-state index in [1.54, 1.807) is 6.33 Å². The minimum atomic E-state index is -0.0918. The number of hydrogen-bond donors (Lipinski definition) is 2. The topological polar surface area (TPSA) is 64.3 Å². The minimum absolute atomic E-state index is 0. The number of rotatable bonds is 4. The summed E-state index contributed by atoms with van der Waals surface area (Å²) < 4.78 is 0. The number of aromatic nitrogens is 2. The lowest BCUT2D eigenvalue weighted by Crippen LogP contribution is -2.38. The highest BCUT2D eigenvalue weighted by molar-refractivity contribution is 6.01. The second-order valence-corrected chi connectivity index (χ2v) is 9.09. The van der Waals surface area contributed by atoms with Gasteiger partial charge in [-0.15, -0.1) is 12.4 Å². The molecule has 6 rings (SSSR count). The monoisotopic (exact) mass is 509 g/mol. The highest BCUT2D eigenvalue weighted by Gasteiger charge is 2.24. The Kier molecular flexibility index (Phi) is 7.10. The molecule has 0 aliphatic carbocycles. The SMILES string of the molecule is Cl.O=C(Nc1cccc2ccccc12)N1CCN(Cc2cnc[nH]2)c2ccc(-c3ccccc3)cc2C1. The molecule has 2 amide bonds. The van der Waals surface area contributed by atoms with Crippen LogP contribution in [0.15, 0.2) is 104 Å². The molecular formula is C30H28ClN5O. The molecule has 1 aromatic heterocycles. The van der Waals surface area contributed by atoms with Crippen LogP contribution in [-0.4, -0.2) is 34.0 Å². The number of urea groups is 1. The number of nitrogens with zero attached hydrogens (tertiary/aromatic N) is 3. The number of halogens is 1. The highest BCUT2D eigenvalue weighted by Crippen LogP contribution is 2.32. The zero-order valence-corrected chi connectivity index (χ0v) is 21.1. The van der Waals surface area contributed by atoms with E-state index in [4.69, 9.17) is 0 Å². The smallest absolute Gasteiger partial charge is 0.322 e. The zero-order valence-electron chi connectivity index (χ0n) is 20.3. The van der Waals surface area contributed by atoms with Gasteiger partial charge in [0.1, 0.15) is 0 Å². The third-order valence-corrected chi connectivity index (χ3v) is 6.76. The van der Waals surface area contributed by atoms with Crippen LogP contribution in [-0.2, 0) is 13.1 Å². The molecule has 4 aromatic carbocycles. The maximum atomic E-state index is 13.5. The lowest BCUT2D eigenvalue weighted by Gasteiger charge is -2.24. The summed E-state index contributed by atoms with van der Waals surface area (Å²) in [4.78, 5) is 25.1. The van der Waals surface area contributed by atoms with Crippen LogP contribution in [0.4, 0.5) is 16.2 Å². The van der Waals surface area contributed by atoms with Gasteiger partial charge in [-0.2, -0.15) is 0 Å². The van der Waals surface area contributed by atoms with Crippen LogP contribution in [0, 0.1) is 0 Å². The van der Waals surface area contributed by atoms with Crippen molar-refractivity contribution in [1.29, 1.82) is 0 Å². The Hall–Kier alpha value is -4.29. The van der Waals surface area contributed by atoms with Gasteiger partial charge in [-0.1, -0.05) is 72.8 Å². The van der Waals surface area contributed by atoms with Gasteiger partial charge in [0, 0.05) is 36.9 Å². The van der Waals surface area contributed by atoms with E-state index in [9.17, 15) is 4.79 Å². The molecule has 5 aromatic rings. The quantitative estimate of drug-likeness (QED) is 0.283. The first kappa shape index (κ1) is 24.4. The van der Waals surface area contributed by atoms with Gasteiger partial charge in [0.25, 0.3) is 0 Å². The fraction of sp³-hybridized carbons (Fsp3) is 0.133. The van der Waals surface area contributed by atoms with Crippen molar-refractivity contribution in [2.45, 2.75) is 13.1 Å². The van der Waals surface area contributed by atoms with E-state index in [0.29, 0.717) is 19.6 Å². The standard InChI is InChI=1S/C30H27N5O.ClH/c36-30(33-28-12-6-10-23-9-4-5-11-27(23)28)35-16-15-34(20-26-18-31-21-32-26)29-14-13-24(17-25(29)19-35)22-7-2-1-3-8-22;/h1-14,17-18,21H,15-16,19-20H2,(H,31,32)(H,33,36);1H. The van der Waals surface area contributed by atoms with Crippen LogP contribution in [0.2, 0.25) is 0 Å². The van der Waals surface area contributed by atoms with Crippen LogP contribution in [0.25, 0.3) is 21.9 Å². The summed E-state index contributed by atoms with van der Waals surface area (Å²) >= 11 is 0. The van der Waals surface area contributed by atoms with Gasteiger partial charge in [-0.05, 0) is 40.3 Å². The van der Waals surface area contributed by atoms with Crippen LogP contribution in [0.5, 0.6) is 0 Å². The van der Waals surface area contributed by atoms with Gasteiger partial charge in [-0.3, -0.25) is 0 Å². The molecule has 0 radical (unpaired) electrons. The molecule has 0 saturated carbocycles. The number of H-pyrrole nitrogens is 1. The molecule has 1 aliphatic heterocycles. The van der Waals surface area contributed by atoms with Crippen LogP contribution < -0.4 is 10.2 Å². The summed E-state index contributed by atoms with van der Waals surface area (Å²) in [6.45, 7) is 2.57. The Morgan fingerprint density at radius 3 is 2.54 bits per heavy atom. The number of amides is 2. The first-order valence-electron chi connectivity index (χ1n) is 12.2. The fourth-order valence-corrected chi connectivity index (χ4v) is 4.92. The van der Waals surface area contributed by atoms with Crippen molar-refractivity contribution >= 4 is 40.6 Å². The molecule has 0 saturated heterocycles. The zero-order chi connectivity index (χ0) is 24.3. The molecule has 0 fully saturated rings. The van der Waals surface area contributed by atoms with Gasteiger partial charge >= 0.3 is 6.03 Å². The Morgan fingerprint density at radius 2 is 1.70 bits per heavy atom. The molecule has 37 heavy (non-hydrogen) atoms. The van der Waals surface area contributed by atoms with Gasteiger partial charge in [0.2, 0.25) is 0 Å². The number of carbonyl (C=O) groups is 1. The van der Waals surface area contributed by atoms with Crippen molar-refractivity contribution in [2.24, 2.45) is 0 Å². The third kappa shape index (κ3) is 5.15. The maximum Gasteiger partial charge on any atom is 0.322 e. The summed E-state index contributed by atoms with van der Waals surface area (Å²) in [5, 5.41) is 5.32. The minimum Gasteiger partial charge on any atom is -0.364 e. The predicted molar refractivity (Wildman–Crippen MR) is 152 cm³/mol. The second-order valence-electron chi connectivity index (χ2n) is 9.09. The molecule has 0 unspecified atom stereocenters. The van der Waals surface area contributed by atoms with E-state index in [-0.39, 0.29) is 18.4 Å². The van der Waals surface area contributed by atoms with Gasteiger partial charge < -0.3 is 20.1 Å². The van der Waals surface area contributed by atoms with E-state index >= 15 is 0 Å². The molecule has 6 nitrogen and oxygen atoms in total. The Bertz CT molecular complexity index is 1500. The van der Waals surface area contributed by atoms with Crippen molar-refractivity contribution in [2.75, 3.05) is 23.3 Å². The number of benzene rings is 4. The molecule has 2 N–H and O–H groups in total. The Labute approximate surface area is 222 Å². The van der Waals surface area contributed by atoms with E-state index in [1.807, 2.05) is 47.5 Å². The number of anilines is 2. The van der Waals surface area contributed by atoms with Crippen LogP contribution in [0.1, 0.15) is 11.3 Å². The van der Waals surface area contributed by atoms with E-state index < -0.39 is 0 Å². The second kappa shape index (κ2) is 10.8.